The van der Waals surface area contributed by atoms with Gasteiger partial charge < -0.3 is 15.2 Å². The smallest absolute Gasteiger partial charge is 0.262 e. The molecule has 1 aromatic carbocycles. The maximum atomic E-state index is 13.5. The first-order chi connectivity index (χ1) is 14.0. The number of primary amides is 1. The first kappa shape index (κ1) is 21.0. The van der Waals surface area contributed by atoms with E-state index >= 15 is 0 Å². The van der Waals surface area contributed by atoms with Crippen molar-refractivity contribution in [1.82, 2.24) is 9.55 Å². The van der Waals surface area contributed by atoms with Gasteiger partial charge in [-0.3, -0.25) is 14.2 Å². The average molecular weight is 416 g/mol. The number of hydrogen-bond acceptors (Lipinski definition) is 6. The van der Waals surface area contributed by atoms with E-state index in [4.69, 9.17) is 20.2 Å². The summed E-state index contributed by atoms with van der Waals surface area (Å²) >= 11 is 1.53. The molecule has 0 unspecified atom stereocenters. The number of carbonyl (C=O) groups excluding carboxylic acids is 1. The molecule has 2 aromatic heterocycles. The van der Waals surface area contributed by atoms with Gasteiger partial charge in [-0.15, -0.1) is 11.3 Å². The summed E-state index contributed by atoms with van der Waals surface area (Å²) in [5.74, 6) is 0.872. The standard InChI is InChI=1S/C21H25N3O4S/c1-4-15-18(13-6-5-7-14(12-13)28-3)19-20(29-15)23-17(9-11-27-2)24(21(19)26)10-8-16(22)25/h5-7,12H,4,8-11H2,1-3H3,(H2,22,25). The number of aryl methyl sites for hydroxylation is 1. The normalized spacial score (nSPS) is 11.1. The van der Waals surface area contributed by atoms with Gasteiger partial charge in [0.15, 0.2) is 0 Å². The van der Waals surface area contributed by atoms with Crippen LogP contribution in [0.4, 0.5) is 0 Å². The second-order valence-corrected chi connectivity index (χ2v) is 7.69. The molecule has 0 aliphatic heterocycles. The van der Waals surface area contributed by atoms with Crippen molar-refractivity contribution < 1.29 is 14.3 Å². The van der Waals surface area contributed by atoms with Crippen LogP contribution in [0.1, 0.15) is 24.0 Å². The molecule has 0 radical (unpaired) electrons. The van der Waals surface area contributed by atoms with Crippen LogP contribution in [0.5, 0.6) is 5.75 Å². The minimum absolute atomic E-state index is 0.0757. The third-order valence-electron chi connectivity index (χ3n) is 4.75. The van der Waals surface area contributed by atoms with E-state index in [1.54, 1.807) is 18.8 Å². The number of nitrogens with two attached hydrogens (primary N) is 1. The fraction of sp³-hybridized carbons (Fsp3) is 0.381. The van der Waals surface area contributed by atoms with Crippen LogP contribution in [0.2, 0.25) is 0 Å². The Morgan fingerprint density at radius 3 is 2.76 bits per heavy atom. The van der Waals surface area contributed by atoms with Crippen molar-refractivity contribution in [3.8, 4) is 16.9 Å². The Bertz CT molecular complexity index is 1090. The second-order valence-electron chi connectivity index (χ2n) is 6.61. The molecule has 0 bridgehead atoms. The van der Waals surface area contributed by atoms with Crippen molar-refractivity contribution in [3.05, 3.63) is 45.3 Å². The van der Waals surface area contributed by atoms with Crippen LogP contribution in [-0.2, 0) is 28.9 Å². The number of rotatable bonds is 9. The van der Waals surface area contributed by atoms with E-state index in [1.165, 1.54) is 11.3 Å². The Kier molecular flexibility index (Phi) is 6.66. The van der Waals surface area contributed by atoms with Gasteiger partial charge in [0.2, 0.25) is 5.91 Å². The fourth-order valence-electron chi connectivity index (χ4n) is 3.34. The number of methoxy groups -OCH3 is 2. The van der Waals surface area contributed by atoms with Crippen LogP contribution in [0.15, 0.2) is 29.1 Å². The topological polar surface area (TPSA) is 96.4 Å². The molecule has 154 valence electrons. The summed E-state index contributed by atoms with van der Waals surface area (Å²) in [6, 6.07) is 7.67. The fourth-order valence-corrected chi connectivity index (χ4v) is 4.48. The number of amides is 1. The molecule has 8 heteroatoms. The Morgan fingerprint density at radius 1 is 1.31 bits per heavy atom. The van der Waals surface area contributed by atoms with Crippen LogP contribution in [-0.4, -0.2) is 36.3 Å². The molecule has 0 saturated carbocycles. The minimum Gasteiger partial charge on any atom is -0.497 e. The van der Waals surface area contributed by atoms with Gasteiger partial charge in [0.25, 0.3) is 5.56 Å². The van der Waals surface area contributed by atoms with Gasteiger partial charge in [0.05, 0.1) is 19.1 Å². The molecule has 0 aliphatic carbocycles. The van der Waals surface area contributed by atoms with Gasteiger partial charge in [0, 0.05) is 36.9 Å². The van der Waals surface area contributed by atoms with Crippen LogP contribution in [0, 0.1) is 0 Å². The molecule has 0 fully saturated rings. The van der Waals surface area contributed by atoms with Crippen molar-refractivity contribution in [3.63, 3.8) is 0 Å². The van der Waals surface area contributed by atoms with Crippen molar-refractivity contribution in [2.75, 3.05) is 20.8 Å². The molecular weight excluding hydrogens is 390 g/mol. The molecule has 3 aromatic rings. The van der Waals surface area contributed by atoms with Crippen LogP contribution >= 0.6 is 11.3 Å². The van der Waals surface area contributed by atoms with Crippen molar-refractivity contribution in [2.24, 2.45) is 5.73 Å². The van der Waals surface area contributed by atoms with Gasteiger partial charge in [-0.2, -0.15) is 0 Å². The average Bonchev–Trinajstić information content (AvgIpc) is 3.10. The van der Waals surface area contributed by atoms with Crippen molar-refractivity contribution in [2.45, 2.75) is 32.7 Å². The van der Waals surface area contributed by atoms with E-state index in [0.717, 1.165) is 28.2 Å². The van der Waals surface area contributed by atoms with E-state index in [0.29, 0.717) is 29.1 Å². The van der Waals surface area contributed by atoms with Gasteiger partial charge in [-0.1, -0.05) is 19.1 Å². The summed E-state index contributed by atoms with van der Waals surface area (Å²) in [4.78, 5) is 31.4. The summed E-state index contributed by atoms with van der Waals surface area (Å²) in [6.45, 7) is 2.69. The predicted octanol–water partition coefficient (Wildman–Crippen LogP) is 2.76. The Morgan fingerprint density at radius 2 is 2.10 bits per heavy atom. The Hall–Kier alpha value is -2.71. The van der Waals surface area contributed by atoms with Crippen LogP contribution < -0.4 is 16.0 Å². The van der Waals surface area contributed by atoms with Crippen LogP contribution in [0.25, 0.3) is 21.3 Å². The number of nitrogens with zero attached hydrogens (tertiary/aromatic N) is 2. The largest absolute Gasteiger partial charge is 0.497 e. The molecule has 0 saturated heterocycles. The Balaban J connectivity index is 2.27. The van der Waals surface area contributed by atoms with E-state index in [2.05, 4.69) is 6.92 Å². The highest BCUT2D eigenvalue weighted by Gasteiger charge is 2.21. The summed E-state index contributed by atoms with van der Waals surface area (Å²) in [7, 11) is 3.22. The molecule has 0 spiro atoms. The summed E-state index contributed by atoms with van der Waals surface area (Å²) in [5.41, 5.74) is 6.96. The zero-order valence-corrected chi connectivity index (χ0v) is 17.7. The van der Waals surface area contributed by atoms with E-state index in [-0.39, 0.29) is 18.5 Å². The summed E-state index contributed by atoms with van der Waals surface area (Å²) in [5, 5.41) is 0.575. The molecule has 1 amide bonds. The lowest BCUT2D eigenvalue weighted by molar-refractivity contribution is -0.118. The van der Waals surface area contributed by atoms with E-state index in [9.17, 15) is 9.59 Å². The lowest BCUT2D eigenvalue weighted by Gasteiger charge is -2.12. The zero-order chi connectivity index (χ0) is 21.0. The molecule has 0 aliphatic rings. The monoisotopic (exact) mass is 415 g/mol. The molecule has 3 rings (SSSR count). The highest BCUT2D eigenvalue weighted by Crippen LogP contribution is 2.38. The third-order valence-corrected chi connectivity index (χ3v) is 5.98. The number of hydrogen-bond donors (Lipinski definition) is 1. The highest BCUT2D eigenvalue weighted by molar-refractivity contribution is 7.19. The van der Waals surface area contributed by atoms with Gasteiger partial charge in [-0.05, 0) is 24.1 Å². The zero-order valence-electron chi connectivity index (χ0n) is 16.9. The lowest BCUT2D eigenvalue weighted by atomic mass is 10.0. The SMILES string of the molecule is CCc1sc2nc(CCOC)n(CCC(N)=O)c(=O)c2c1-c1cccc(OC)c1. The van der Waals surface area contributed by atoms with Gasteiger partial charge in [-0.25, -0.2) is 4.98 Å². The molecular formula is C21H25N3O4S. The number of ether oxygens (including phenoxy) is 2. The van der Waals surface area contributed by atoms with Crippen LogP contribution in [0.3, 0.4) is 0 Å². The number of benzene rings is 1. The highest BCUT2D eigenvalue weighted by atomic mass is 32.1. The van der Waals surface area contributed by atoms with Gasteiger partial charge >= 0.3 is 0 Å². The first-order valence-electron chi connectivity index (χ1n) is 9.46. The quantitative estimate of drug-likeness (QED) is 0.580. The minimum atomic E-state index is -0.456. The maximum Gasteiger partial charge on any atom is 0.262 e. The molecule has 29 heavy (non-hydrogen) atoms. The molecule has 7 nitrogen and oxygen atoms in total. The Labute approximate surface area is 173 Å². The summed E-state index contributed by atoms with van der Waals surface area (Å²) in [6.07, 6.45) is 1.34. The number of thiophene rings is 1. The van der Waals surface area contributed by atoms with Crippen molar-refractivity contribution in [1.29, 1.82) is 0 Å². The first-order valence-corrected chi connectivity index (χ1v) is 10.3. The van der Waals surface area contributed by atoms with Gasteiger partial charge in [0.1, 0.15) is 16.4 Å². The predicted molar refractivity (Wildman–Crippen MR) is 115 cm³/mol. The third kappa shape index (κ3) is 4.33. The molecule has 2 heterocycles. The summed E-state index contributed by atoms with van der Waals surface area (Å²) < 4.78 is 12.1. The van der Waals surface area contributed by atoms with E-state index in [1.807, 2.05) is 24.3 Å². The van der Waals surface area contributed by atoms with Crippen molar-refractivity contribution >= 4 is 27.5 Å². The maximum absolute atomic E-state index is 13.5. The number of aromatic nitrogens is 2. The van der Waals surface area contributed by atoms with E-state index < -0.39 is 5.91 Å². The number of fused-ring (bicyclic) bond motifs is 1. The second kappa shape index (κ2) is 9.19. The number of carbonyl (C=O) groups is 1. The molecule has 0 atom stereocenters. The molecule has 2 N–H and O–H groups in total. The lowest BCUT2D eigenvalue weighted by Crippen LogP contribution is -2.28.